The molecule has 1 aliphatic rings. The lowest BCUT2D eigenvalue weighted by atomic mass is 9.68. The SMILES string of the molecule is CC1(C(N)c2cccc3ccccc23)CCCCC1. The molecule has 100 valence electrons. The van der Waals surface area contributed by atoms with Crippen LogP contribution in [0, 0.1) is 5.41 Å². The summed E-state index contributed by atoms with van der Waals surface area (Å²) in [5.74, 6) is 0. The lowest BCUT2D eigenvalue weighted by Gasteiger charge is -2.39. The fourth-order valence-electron chi connectivity index (χ4n) is 3.57. The summed E-state index contributed by atoms with van der Waals surface area (Å²) in [7, 11) is 0. The summed E-state index contributed by atoms with van der Waals surface area (Å²) in [5, 5.41) is 2.62. The van der Waals surface area contributed by atoms with E-state index < -0.39 is 0 Å². The fraction of sp³-hybridized carbons (Fsp3) is 0.444. The summed E-state index contributed by atoms with van der Waals surface area (Å²) in [6.07, 6.45) is 6.55. The van der Waals surface area contributed by atoms with Gasteiger partial charge < -0.3 is 5.73 Å². The Morgan fingerprint density at radius 2 is 1.63 bits per heavy atom. The average Bonchev–Trinajstić information content (AvgIpc) is 2.47. The van der Waals surface area contributed by atoms with E-state index in [0.717, 1.165) is 0 Å². The van der Waals surface area contributed by atoms with Crippen LogP contribution in [0.15, 0.2) is 42.5 Å². The number of nitrogens with two attached hydrogens (primary N) is 1. The molecule has 1 saturated carbocycles. The molecule has 0 aromatic heterocycles. The molecular weight excluding hydrogens is 230 g/mol. The van der Waals surface area contributed by atoms with E-state index in [0.29, 0.717) is 0 Å². The molecule has 0 radical (unpaired) electrons. The molecule has 1 nitrogen and oxygen atoms in total. The van der Waals surface area contributed by atoms with Gasteiger partial charge in [0.2, 0.25) is 0 Å². The summed E-state index contributed by atoms with van der Waals surface area (Å²) < 4.78 is 0. The first-order valence-electron chi connectivity index (χ1n) is 7.44. The van der Waals surface area contributed by atoms with Crippen LogP contribution in [0.4, 0.5) is 0 Å². The van der Waals surface area contributed by atoms with Gasteiger partial charge in [0.05, 0.1) is 0 Å². The van der Waals surface area contributed by atoms with Gasteiger partial charge >= 0.3 is 0 Å². The molecule has 3 rings (SSSR count). The highest BCUT2D eigenvalue weighted by Gasteiger charge is 2.34. The third-order valence-corrected chi connectivity index (χ3v) is 4.91. The molecule has 2 aromatic rings. The summed E-state index contributed by atoms with van der Waals surface area (Å²) in [5.41, 5.74) is 8.26. The standard InChI is InChI=1S/C18H23N/c1-18(12-5-2-6-13-18)17(19)16-11-7-9-14-8-3-4-10-15(14)16/h3-4,7-11,17H,2,5-6,12-13,19H2,1H3. The van der Waals surface area contributed by atoms with E-state index in [1.165, 1.54) is 48.4 Å². The molecule has 2 N–H and O–H groups in total. The maximum atomic E-state index is 6.67. The van der Waals surface area contributed by atoms with Crippen LogP contribution in [-0.4, -0.2) is 0 Å². The van der Waals surface area contributed by atoms with Crippen molar-refractivity contribution in [1.82, 2.24) is 0 Å². The van der Waals surface area contributed by atoms with E-state index in [-0.39, 0.29) is 11.5 Å². The van der Waals surface area contributed by atoms with Gasteiger partial charge in [-0.3, -0.25) is 0 Å². The maximum Gasteiger partial charge on any atom is 0.0355 e. The van der Waals surface area contributed by atoms with E-state index in [2.05, 4.69) is 49.4 Å². The van der Waals surface area contributed by atoms with Crippen molar-refractivity contribution in [3.8, 4) is 0 Å². The second-order valence-corrected chi connectivity index (χ2v) is 6.26. The third kappa shape index (κ3) is 2.28. The molecular formula is C18H23N. The smallest absolute Gasteiger partial charge is 0.0355 e. The molecule has 19 heavy (non-hydrogen) atoms. The highest BCUT2D eigenvalue weighted by atomic mass is 14.7. The van der Waals surface area contributed by atoms with Crippen LogP contribution in [-0.2, 0) is 0 Å². The molecule has 1 fully saturated rings. The van der Waals surface area contributed by atoms with Crippen molar-refractivity contribution in [2.24, 2.45) is 11.1 Å². The lowest BCUT2D eigenvalue weighted by molar-refractivity contribution is 0.171. The molecule has 0 saturated heterocycles. The van der Waals surface area contributed by atoms with E-state index in [4.69, 9.17) is 5.73 Å². The molecule has 1 heteroatoms. The van der Waals surface area contributed by atoms with Gasteiger partial charge in [-0.1, -0.05) is 68.7 Å². The monoisotopic (exact) mass is 253 g/mol. The summed E-state index contributed by atoms with van der Waals surface area (Å²) in [6, 6.07) is 15.3. The van der Waals surface area contributed by atoms with E-state index in [9.17, 15) is 0 Å². The topological polar surface area (TPSA) is 26.0 Å². The van der Waals surface area contributed by atoms with Gasteiger partial charge in [-0.15, -0.1) is 0 Å². The van der Waals surface area contributed by atoms with Gasteiger partial charge in [-0.25, -0.2) is 0 Å². The van der Waals surface area contributed by atoms with Crippen molar-refractivity contribution in [3.05, 3.63) is 48.0 Å². The van der Waals surface area contributed by atoms with Crippen molar-refractivity contribution in [3.63, 3.8) is 0 Å². The Kier molecular flexibility index (Phi) is 3.32. The van der Waals surface area contributed by atoms with Crippen molar-refractivity contribution >= 4 is 10.8 Å². The van der Waals surface area contributed by atoms with E-state index in [1.807, 2.05) is 0 Å². The Balaban J connectivity index is 2.03. The molecule has 0 amide bonds. The first-order valence-corrected chi connectivity index (χ1v) is 7.44. The molecule has 0 spiro atoms. The Bertz CT molecular complexity index is 561. The number of hydrogen-bond donors (Lipinski definition) is 1. The summed E-state index contributed by atoms with van der Waals surface area (Å²) in [6.45, 7) is 2.37. The van der Waals surface area contributed by atoms with Gasteiger partial charge in [-0.05, 0) is 34.6 Å². The summed E-state index contributed by atoms with van der Waals surface area (Å²) in [4.78, 5) is 0. The Labute approximate surface area is 115 Å². The minimum atomic E-state index is 0.152. The first-order chi connectivity index (χ1) is 9.21. The zero-order chi connectivity index (χ0) is 13.3. The van der Waals surface area contributed by atoms with Crippen LogP contribution in [0.2, 0.25) is 0 Å². The van der Waals surface area contributed by atoms with Gasteiger partial charge in [0.25, 0.3) is 0 Å². The van der Waals surface area contributed by atoms with E-state index >= 15 is 0 Å². The highest BCUT2D eigenvalue weighted by Crippen LogP contribution is 2.45. The normalized spacial score (nSPS) is 20.3. The van der Waals surface area contributed by atoms with E-state index in [1.54, 1.807) is 0 Å². The minimum Gasteiger partial charge on any atom is -0.323 e. The second-order valence-electron chi connectivity index (χ2n) is 6.26. The third-order valence-electron chi connectivity index (χ3n) is 4.91. The van der Waals surface area contributed by atoms with Crippen LogP contribution in [0.1, 0.15) is 50.6 Å². The van der Waals surface area contributed by atoms with Crippen LogP contribution in [0.5, 0.6) is 0 Å². The van der Waals surface area contributed by atoms with Gasteiger partial charge in [0, 0.05) is 6.04 Å². The van der Waals surface area contributed by atoms with Crippen LogP contribution in [0.25, 0.3) is 10.8 Å². The predicted octanol–water partition coefficient (Wildman–Crippen LogP) is 4.81. The Hall–Kier alpha value is -1.34. The largest absolute Gasteiger partial charge is 0.323 e. The van der Waals surface area contributed by atoms with Crippen molar-refractivity contribution < 1.29 is 0 Å². The maximum absolute atomic E-state index is 6.67. The van der Waals surface area contributed by atoms with Crippen molar-refractivity contribution in [2.45, 2.75) is 45.1 Å². The van der Waals surface area contributed by atoms with Gasteiger partial charge in [0.15, 0.2) is 0 Å². The van der Waals surface area contributed by atoms with Gasteiger partial charge in [-0.2, -0.15) is 0 Å². The molecule has 0 heterocycles. The number of hydrogen-bond acceptors (Lipinski definition) is 1. The fourth-order valence-corrected chi connectivity index (χ4v) is 3.57. The van der Waals surface area contributed by atoms with Crippen molar-refractivity contribution in [1.29, 1.82) is 0 Å². The quantitative estimate of drug-likeness (QED) is 0.816. The lowest BCUT2D eigenvalue weighted by Crippen LogP contribution is -2.34. The second kappa shape index (κ2) is 4.97. The minimum absolute atomic E-state index is 0.152. The molecule has 1 atom stereocenters. The number of benzene rings is 2. The average molecular weight is 253 g/mol. The Morgan fingerprint density at radius 3 is 2.42 bits per heavy atom. The zero-order valence-electron chi connectivity index (χ0n) is 11.7. The first kappa shape index (κ1) is 12.7. The van der Waals surface area contributed by atoms with Crippen LogP contribution >= 0.6 is 0 Å². The van der Waals surface area contributed by atoms with Crippen LogP contribution in [0.3, 0.4) is 0 Å². The zero-order valence-corrected chi connectivity index (χ0v) is 11.7. The molecule has 2 aromatic carbocycles. The molecule has 0 aliphatic heterocycles. The van der Waals surface area contributed by atoms with Crippen molar-refractivity contribution in [2.75, 3.05) is 0 Å². The predicted molar refractivity (Wildman–Crippen MR) is 82.1 cm³/mol. The number of fused-ring (bicyclic) bond motifs is 1. The molecule has 1 aliphatic carbocycles. The summed E-state index contributed by atoms with van der Waals surface area (Å²) >= 11 is 0. The van der Waals surface area contributed by atoms with Crippen LogP contribution < -0.4 is 5.73 Å². The highest BCUT2D eigenvalue weighted by molar-refractivity contribution is 5.86. The Morgan fingerprint density at radius 1 is 0.947 bits per heavy atom. The van der Waals surface area contributed by atoms with Gasteiger partial charge in [0.1, 0.15) is 0 Å². The molecule has 1 unspecified atom stereocenters. The molecule has 0 bridgehead atoms. The number of rotatable bonds is 2.